The standard InChI is InChI=1S/C41H54N8O6/c1-6-28(2)37(49-20-19-47(40(49)55)25-33-14-10-11-29(3)44-33)38(52)45-34(21-30-12-8-7-9-13-30)35(50)26-48(24-32-17-15-31(23-42)16-18-32)46-36(51)22-41(4,5)27-43-39(53)54/h7-18,28,34-35,37,43,50H,6,19-22,24-27H2,1-5H3,(H,45,52)(H,46,51)(H,53,54). The highest BCUT2D eigenvalue weighted by Crippen LogP contribution is 2.23. The Morgan fingerprint density at radius 1 is 1.02 bits per heavy atom. The van der Waals surface area contributed by atoms with Crippen LogP contribution in [0.3, 0.4) is 0 Å². The number of nitriles is 1. The van der Waals surface area contributed by atoms with Gasteiger partial charge in [0.05, 0.1) is 36.0 Å². The molecule has 0 bridgehead atoms. The molecule has 0 spiro atoms. The predicted octanol–water partition coefficient (Wildman–Crippen LogP) is 4.22. The average Bonchev–Trinajstić information content (AvgIpc) is 3.49. The summed E-state index contributed by atoms with van der Waals surface area (Å²) in [7, 11) is 0. The van der Waals surface area contributed by atoms with Crippen molar-refractivity contribution in [3.8, 4) is 6.07 Å². The number of hydrogen-bond acceptors (Lipinski definition) is 8. The first-order valence-corrected chi connectivity index (χ1v) is 18.7. The minimum Gasteiger partial charge on any atom is -0.465 e. The quantitative estimate of drug-likeness (QED) is 0.112. The summed E-state index contributed by atoms with van der Waals surface area (Å²) in [5.74, 6) is -0.966. The molecule has 4 atom stereocenters. The zero-order valence-corrected chi connectivity index (χ0v) is 32.4. The monoisotopic (exact) mass is 754 g/mol. The van der Waals surface area contributed by atoms with Crippen molar-refractivity contribution in [3.05, 3.63) is 101 Å². The van der Waals surface area contributed by atoms with Crippen molar-refractivity contribution in [3.63, 3.8) is 0 Å². The smallest absolute Gasteiger partial charge is 0.404 e. The first kappa shape index (κ1) is 42.2. The molecular formula is C41H54N8O6. The SMILES string of the molecule is CCC(C)C(C(=O)NC(Cc1ccccc1)C(O)CN(Cc1ccc(C#N)cc1)NC(=O)CC(C)(C)CNC(=O)O)N1CCN(Cc2cccc(C)n2)C1=O. The molecule has 14 nitrogen and oxygen atoms in total. The van der Waals surface area contributed by atoms with Gasteiger partial charge in [0, 0.05) is 44.8 Å². The van der Waals surface area contributed by atoms with Crippen LogP contribution in [0.2, 0.25) is 0 Å². The number of aliphatic hydroxyl groups excluding tert-OH is 1. The fourth-order valence-corrected chi connectivity index (χ4v) is 6.67. The third-order valence-corrected chi connectivity index (χ3v) is 9.81. The van der Waals surface area contributed by atoms with Gasteiger partial charge in [0.1, 0.15) is 6.04 Å². The highest BCUT2D eigenvalue weighted by molar-refractivity contribution is 5.88. The van der Waals surface area contributed by atoms with Crippen molar-refractivity contribution in [1.29, 1.82) is 5.26 Å². The number of rotatable bonds is 19. The normalized spacial score (nSPS) is 15.2. The predicted molar refractivity (Wildman–Crippen MR) is 207 cm³/mol. The molecule has 55 heavy (non-hydrogen) atoms. The van der Waals surface area contributed by atoms with Crippen molar-refractivity contribution in [2.24, 2.45) is 11.3 Å². The van der Waals surface area contributed by atoms with Crippen LogP contribution in [0.4, 0.5) is 9.59 Å². The second-order valence-electron chi connectivity index (χ2n) is 15.1. The lowest BCUT2D eigenvalue weighted by atomic mass is 9.89. The highest BCUT2D eigenvalue weighted by atomic mass is 16.4. The minimum atomic E-state index is -1.19. The maximum absolute atomic E-state index is 14.4. The Morgan fingerprint density at radius 2 is 1.73 bits per heavy atom. The fourth-order valence-electron chi connectivity index (χ4n) is 6.67. The van der Waals surface area contributed by atoms with Gasteiger partial charge in [-0.15, -0.1) is 0 Å². The highest BCUT2D eigenvalue weighted by Gasteiger charge is 2.41. The first-order chi connectivity index (χ1) is 26.2. The van der Waals surface area contributed by atoms with Crippen LogP contribution >= 0.6 is 0 Å². The van der Waals surface area contributed by atoms with Gasteiger partial charge >= 0.3 is 12.1 Å². The van der Waals surface area contributed by atoms with Crippen LogP contribution < -0.4 is 16.1 Å². The molecule has 294 valence electrons. The van der Waals surface area contributed by atoms with Crippen molar-refractivity contribution in [2.75, 3.05) is 26.2 Å². The molecule has 1 saturated heterocycles. The van der Waals surface area contributed by atoms with E-state index in [-0.39, 0.29) is 50.3 Å². The summed E-state index contributed by atoms with van der Waals surface area (Å²) >= 11 is 0. The van der Waals surface area contributed by atoms with Crippen molar-refractivity contribution in [2.45, 2.75) is 85.2 Å². The molecule has 5 amide bonds. The number of benzene rings is 2. The lowest BCUT2D eigenvalue weighted by Gasteiger charge is -2.35. The van der Waals surface area contributed by atoms with Gasteiger partial charge in [-0.2, -0.15) is 5.26 Å². The summed E-state index contributed by atoms with van der Waals surface area (Å²) in [4.78, 5) is 60.5. The van der Waals surface area contributed by atoms with Crippen molar-refractivity contribution < 1.29 is 29.4 Å². The Hall–Kier alpha value is -5.52. The number of nitrogens with one attached hydrogen (secondary N) is 3. The molecule has 1 aromatic heterocycles. The summed E-state index contributed by atoms with van der Waals surface area (Å²) in [5.41, 5.74) is 5.90. The van der Waals surface area contributed by atoms with E-state index in [2.05, 4.69) is 27.1 Å². The van der Waals surface area contributed by atoms with Crippen LogP contribution in [0, 0.1) is 29.6 Å². The lowest BCUT2D eigenvalue weighted by molar-refractivity contribution is -0.131. The molecule has 1 fully saturated rings. The maximum Gasteiger partial charge on any atom is 0.404 e. The summed E-state index contributed by atoms with van der Waals surface area (Å²) in [6.07, 6.45) is -1.50. The van der Waals surface area contributed by atoms with E-state index >= 15 is 0 Å². The zero-order valence-electron chi connectivity index (χ0n) is 32.4. The number of aliphatic hydroxyl groups is 1. The van der Waals surface area contributed by atoms with E-state index in [0.29, 0.717) is 31.6 Å². The molecule has 1 aliphatic rings. The van der Waals surface area contributed by atoms with Gasteiger partial charge in [-0.05, 0) is 60.1 Å². The molecule has 4 rings (SSSR count). The van der Waals surface area contributed by atoms with Gasteiger partial charge in [-0.1, -0.05) is 82.6 Å². The van der Waals surface area contributed by atoms with E-state index in [0.717, 1.165) is 22.5 Å². The number of aromatic nitrogens is 1. The summed E-state index contributed by atoms with van der Waals surface area (Å²) in [6, 6.07) is 22.2. The van der Waals surface area contributed by atoms with Crippen LogP contribution in [0.5, 0.6) is 0 Å². The molecule has 2 heterocycles. The molecule has 2 aromatic carbocycles. The fraction of sp³-hybridized carbons (Fsp3) is 0.463. The second-order valence-corrected chi connectivity index (χ2v) is 15.1. The van der Waals surface area contributed by atoms with Gasteiger partial charge < -0.3 is 30.6 Å². The topological polar surface area (TPSA) is 191 Å². The molecule has 14 heteroatoms. The average molecular weight is 755 g/mol. The van der Waals surface area contributed by atoms with E-state index in [9.17, 15) is 29.5 Å². The largest absolute Gasteiger partial charge is 0.465 e. The molecule has 4 unspecified atom stereocenters. The number of urea groups is 1. The van der Waals surface area contributed by atoms with Gasteiger partial charge in [0.15, 0.2) is 0 Å². The number of hydrogen-bond donors (Lipinski definition) is 5. The summed E-state index contributed by atoms with van der Waals surface area (Å²) in [6.45, 7) is 10.6. The Kier molecular flexibility index (Phi) is 15.1. The van der Waals surface area contributed by atoms with Gasteiger partial charge in [0.2, 0.25) is 11.8 Å². The number of hydrazine groups is 1. The van der Waals surface area contributed by atoms with Crippen LogP contribution in [0.15, 0.2) is 72.8 Å². The van der Waals surface area contributed by atoms with Crippen LogP contribution in [-0.2, 0) is 29.1 Å². The number of carboxylic acid groups (broad SMARTS) is 1. The van der Waals surface area contributed by atoms with E-state index in [1.165, 1.54) is 0 Å². The number of aryl methyl sites for hydroxylation is 1. The summed E-state index contributed by atoms with van der Waals surface area (Å²) in [5, 5.41) is 37.3. The lowest BCUT2D eigenvalue weighted by Crippen LogP contribution is -2.58. The van der Waals surface area contributed by atoms with Crippen LogP contribution in [0.25, 0.3) is 0 Å². The van der Waals surface area contributed by atoms with Crippen molar-refractivity contribution in [1.82, 2.24) is 35.9 Å². The van der Waals surface area contributed by atoms with Crippen molar-refractivity contribution >= 4 is 23.9 Å². The maximum atomic E-state index is 14.4. The van der Waals surface area contributed by atoms with Gasteiger partial charge in [-0.3, -0.25) is 20.0 Å². The Morgan fingerprint density at radius 3 is 2.36 bits per heavy atom. The van der Waals surface area contributed by atoms with Crippen LogP contribution in [-0.4, -0.2) is 98.3 Å². The minimum absolute atomic E-state index is 0.0190. The Bertz CT molecular complexity index is 1800. The zero-order chi connectivity index (χ0) is 40.1. The number of carbonyl (C=O) groups excluding carboxylic acids is 3. The summed E-state index contributed by atoms with van der Waals surface area (Å²) < 4.78 is 0. The third-order valence-electron chi connectivity index (χ3n) is 9.81. The van der Waals surface area contributed by atoms with Gasteiger partial charge in [-0.25, -0.2) is 14.6 Å². The number of amides is 5. The van der Waals surface area contributed by atoms with E-state index in [1.807, 2.05) is 69.3 Å². The second kappa shape index (κ2) is 19.7. The van der Waals surface area contributed by atoms with E-state index in [4.69, 9.17) is 5.11 Å². The van der Waals surface area contributed by atoms with E-state index < -0.39 is 35.6 Å². The first-order valence-electron chi connectivity index (χ1n) is 18.7. The van der Waals surface area contributed by atoms with Gasteiger partial charge in [0.25, 0.3) is 0 Å². The molecular weight excluding hydrogens is 701 g/mol. The molecule has 0 aliphatic carbocycles. The molecule has 5 N–H and O–H groups in total. The third kappa shape index (κ3) is 12.8. The number of nitrogens with zero attached hydrogens (tertiary/aromatic N) is 5. The molecule has 3 aromatic rings. The number of pyridine rings is 1. The van der Waals surface area contributed by atoms with E-state index in [1.54, 1.807) is 52.9 Å². The molecule has 0 radical (unpaired) electrons. The Balaban J connectivity index is 1.57. The van der Waals surface area contributed by atoms with Crippen LogP contribution in [0.1, 0.15) is 68.6 Å². The molecule has 1 aliphatic heterocycles. The Labute approximate surface area is 323 Å². The molecule has 0 saturated carbocycles. The number of carbonyl (C=O) groups is 4.